The molecule has 1 N–H and O–H groups in total. The van der Waals surface area contributed by atoms with E-state index in [2.05, 4.69) is 47.5 Å². The Labute approximate surface area is 128 Å². The van der Waals surface area contributed by atoms with Gasteiger partial charge in [0.1, 0.15) is 0 Å². The number of benzene rings is 1. The SMILES string of the molecule is CCNCC1(CN2CCC(c3ccccc3)C2)CCOC1. The largest absolute Gasteiger partial charge is 0.381 e. The normalized spacial score (nSPS) is 30.0. The highest BCUT2D eigenvalue weighted by Gasteiger charge is 2.38. The average molecular weight is 288 g/mol. The van der Waals surface area contributed by atoms with Gasteiger partial charge in [0.05, 0.1) is 6.61 Å². The first-order valence-corrected chi connectivity index (χ1v) is 8.37. The van der Waals surface area contributed by atoms with E-state index in [0.29, 0.717) is 11.3 Å². The molecule has 2 unspecified atom stereocenters. The Balaban J connectivity index is 1.58. The first-order valence-electron chi connectivity index (χ1n) is 8.37. The summed E-state index contributed by atoms with van der Waals surface area (Å²) < 4.78 is 5.71. The molecule has 0 amide bonds. The second-order valence-corrected chi connectivity index (χ2v) is 6.71. The standard InChI is InChI=1S/C18H28N2O/c1-2-19-13-18(9-11-21-15-18)14-20-10-8-17(12-20)16-6-4-3-5-7-16/h3-7,17,19H,2,8-15H2,1H3. The van der Waals surface area contributed by atoms with Crippen LogP contribution in [-0.4, -0.2) is 50.8 Å². The van der Waals surface area contributed by atoms with Gasteiger partial charge in [0.15, 0.2) is 0 Å². The minimum absolute atomic E-state index is 0.335. The van der Waals surface area contributed by atoms with Crippen LogP contribution >= 0.6 is 0 Å². The van der Waals surface area contributed by atoms with Crippen LogP contribution in [0, 0.1) is 5.41 Å². The minimum atomic E-state index is 0.335. The topological polar surface area (TPSA) is 24.5 Å². The van der Waals surface area contributed by atoms with E-state index >= 15 is 0 Å². The van der Waals surface area contributed by atoms with Crippen molar-refractivity contribution in [1.29, 1.82) is 0 Å². The lowest BCUT2D eigenvalue weighted by molar-refractivity contribution is 0.118. The Hall–Kier alpha value is -0.900. The maximum Gasteiger partial charge on any atom is 0.0547 e. The van der Waals surface area contributed by atoms with Gasteiger partial charge in [0, 0.05) is 31.7 Å². The molecule has 3 heteroatoms. The maximum absolute atomic E-state index is 5.71. The van der Waals surface area contributed by atoms with Crippen LogP contribution in [0.4, 0.5) is 0 Å². The number of rotatable bonds is 6. The van der Waals surface area contributed by atoms with Gasteiger partial charge in [0.25, 0.3) is 0 Å². The van der Waals surface area contributed by atoms with Crippen molar-refractivity contribution in [3.63, 3.8) is 0 Å². The van der Waals surface area contributed by atoms with Crippen LogP contribution in [0.5, 0.6) is 0 Å². The summed E-state index contributed by atoms with van der Waals surface area (Å²) in [5.41, 5.74) is 1.84. The Morgan fingerprint density at radius 3 is 2.90 bits per heavy atom. The molecule has 2 atom stereocenters. The monoisotopic (exact) mass is 288 g/mol. The van der Waals surface area contributed by atoms with Crippen molar-refractivity contribution in [2.24, 2.45) is 5.41 Å². The fourth-order valence-electron chi connectivity index (χ4n) is 3.81. The van der Waals surface area contributed by atoms with Crippen LogP contribution in [0.15, 0.2) is 30.3 Å². The first-order chi connectivity index (χ1) is 10.3. The fourth-order valence-corrected chi connectivity index (χ4v) is 3.81. The molecule has 2 saturated heterocycles. The number of likely N-dealkylation sites (tertiary alicyclic amines) is 1. The molecule has 2 heterocycles. The van der Waals surface area contributed by atoms with E-state index < -0.39 is 0 Å². The Bertz CT molecular complexity index is 428. The van der Waals surface area contributed by atoms with Crippen molar-refractivity contribution >= 4 is 0 Å². The maximum atomic E-state index is 5.71. The van der Waals surface area contributed by atoms with Gasteiger partial charge in [-0.3, -0.25) is 0 Å². The van der Waals surface area contributed by atoms with Gasteiger partial charge in [-0.05, 0) is 37.4 Å². The van der Waals surface area contributed by atoms with Gasteiger partial charge in [-0.2, -0.15) is 0 Å². The van der Waals surface area contributed by atoms with Gasteiger partial charge in [0.2, 0.25) is 0 Å². The molecule has 0 saturated carbocycles. The highest BCUT2D eigenvalue weighted by Crippen LogP contribution is 2.33. The van der Waals surface area contributed by atoms with Crippen molar-refractivity contribution in [3.05, 3.63) is 35.9 Å². The molecular formula is C18H28N2O. The molecule has 2 fully saturated rings. The lowest BCUT2D eigenvalue weighted by atomic mass is 9.86. The molecule has 0 spiro atoms. The highest BCUT2D eigenvalue weighted by atomic mass is 16.5. The molecule has 0 radical (unpaired) electrons. The second kappa shape index (κ2) is 6.91. The number of hydrogen-bond acceptors (Lipinski definition) is 3. The van der Waals surface area contributed by atoms with Gasteiger partial charge >= 0.3 is 0 Å². The lowest BCUT2D eigenvalue weighted by Crippen LogP contribution is -2.44. The number of hydrogen-bond donors (Lipinski definition) is 1. The van der Waals surface area contributed by atoms with Crippen molar-refractivity contribution in [2.45, 2.75) is 25.7 Å². The molecule has 21 heavy (non-hydrogen) atoms. The number of nitrogens with one attached hydrogen (secondary N) is 1. The molecule has 2 aliphatic rings. The summed E-state index contributed by atoms with van der Waals surface area (Å²) in [6.45, 7) is 9.80. The zero-order chi connectivity index (χ0) is 14.5. The summed E-state index contributed by atoms with van der Waals surface area (Å²) in [7, 11) is 0. The summed E-state index contributed by atoms with van der Waals surface area (Å²) in [6.07, 6.45) is 2.49. The van der Waals surface area contributed by atoms with Crippen LogP contribution in [0.1, 0.15) is 31.2 Å². The highest BCUT2D eigenvalue weighted by molar-refractivity contribution is 5.21. The molecule has 1 aromatic rings. The molecule has 0 aromatic heterocycles. The second-order valence-electron chi connectivity index (χ2n) is 6.71. The third kappa shape index (κ3) is 3.65. The first kappa shape index (κ1) is 15.0. The molecule has 0 aliphatic carbocycles. The van der Waals surface area contributed by atoms with E-state index in [4.69, 9.17) is 4.74 Å². The number of nitrogens with zero attached hydrogens (tertiary/aromatic N) is 1. The van der Waals surface area contributed by atoms with Crippen molar-refractivity contribution < 1.29 is 4.74 Å². The predicted octanol–water partition coefficient (Wildman–Crippen LogP) is 2.49. The van der Waals surface area contributed by atoms with E-state index in [1.165, 1.54) is 38.0 Å². The summed E-state index contributed by atoms with van der Waals surface area (Å²) in [4.78, 5) is 2.66. The molecule has 0 bridgehead atoms. The quantitative estimate of drug-likeness (QED) is 0.870. The Kier molecular flexibility index (Phi) is 4.94. The van der Waals surface area contributed by atoms with Gasteiger partial charge in [-0.25, -0.2) is 0 Å². The van der Waals surface area contributed by atoms with E-state index in [0.717, 1.165) is 26.3 Å². The molecular weight excluding hydrogens is 260 g/mol. The van der Waals surface area contributed by atoms with Crippen LogP contribution in [0.25, 0.3) is 0 Å². The van der Waals surface area contributed by atoms with Crippen LogP contribution in [0.3, 0.4) is 0 Å². The summed E-state index contributed by atoms with van der Waals surface area (Å²) >= 11 is 0. The van der Waals surface area contributed by atoms with E-state index in [9.17, 15) is 0 Å². The average Bonchev–Trinajstić information content (AvgIpc) is 3.17. The van der Waals surface area contributed by atoms with Crippen molar-refractivity contribution in [3.8, 4) is 0 Å². The third-order valence-electron chi connectivity index (χ3n) is 5.04. The third-order valence-corrected chi connectivity index (χ3v) is 5.04. The Morgan fingerprint density at radius 1 is 1.33 bits per heavy atom. The van der Waals surface area contributed by atoms with E-state index in [1.807, 2.05) is 0 Å². The minimum Gasteiger partial charge on any atom is -0.381 e. The zero-order valence-corrected chi connectivity index (χ0v) is 13.2. The Morgan fingerprint density at radius 2 is 2.19 bits per heavy atom. The van der Waals surface area contributed by atoms with E-state index in [-0.39, 0.29) is 0 Å². The van der Waals surface area contributed by atoms with Crippen LogP contribution in [-0.2, 0) is 4.74 Å². The van der Waals surface area contributed by atoms with Crippen LogP contribution < -0.4 is 5.32 Å². The van der Waals surface area contributed by atoms with Gasteiger partial charge < -0.3 is 15.0 Å². The molecule has 3 nitrogen and oxygen atoms in total. The summed E-state index contributed by atoms with van der Waals surface area (Å²) in [5, 5.41) is 3.54. The molecule has 3 rings (SSSR count). The van der Waals surface area contributed by atoms with Crippen LogP contribution in [0.2, 0.25) is 0 Å². The number of ether oxygens (including phenoxy) is 1. The van der Waals surface area contributed by atoms with Gasteiger partial charge in [-0.1, -0.05) is 37.3 Å². The van der Waals surface area contributed by atoms with Crippen molar-refractivity contribution in [1.82, 2.24) is 10.2 Å². The fraction of sp³-hybridized carbons (Fsp3) is 0.667. The van der Waals surface area contributed by atoms with Gasteiger partial charge in [-0.15, -0.1) is 0 Å². The lowest BCUT2D eigenvalue weighted by Gasteiger charge is -2.32. The van der Waals surface area contributed by atoms with Crippen molar-refractivity contribution in [2.75, 3.05) is 45.9 Å². The predicted molar refractivity (Wildman–Crippen MR) is 86.7 cm³/mol. The summed E-state index contributed by atoms with van der Waals surface area (Å²) in [5.74, 6) is 0.713. The molecule has 2 aliphatic heterocycles. The molecule has 1 aromatic carbocycles. The smallest absolute Gasteiger partial charge is 0.0547 e. The van der Waals surface area contributed by atoms with E-state index in [1.54, 1.807) is 0 Å². The zero-order valence-electron chi connectivity index (χ0n) is 13.2. The molecule has 116 valence electrons. The summed E-state index contributed by atoms with van der Waals surface area (Å²) in [6, 6.07) is 11.0.